The first-order chi connectivity index (χ1) is 8.77. The summed E-state index contributed by atoms with van der Waals surface area (Å²) in [6, 6.07) is 7.50. The third-order valence-electron chi connectivity index (χ3n) is 2.18. The minimum absolute atomic E-state index is 0.187. The largest absolute Gasteiger partial charge is 0.490 e. The zero-order chi connectivity index (χ0) is 13.2. The average Bonchev–Trinajstić information content (AvgIpc) is 2.40. The molecule has 0 saturated heterocycles. The molecule has 1 aromatic rings. The van der Waals surface area contributed by atoms with Crippen molar-refractivity contribution in [2.75, 3.05) is 33.4 Å². The Morgan fingerprint density at radius 3 is 2.50 bits per heavy atom. The number of hydrogen-bond acceptors (Lipinski definition) is 5. The summed E-state index contributed by atoms with van der Waals surface area (Å²) in [7, 11) is 1.36. The standard InChI is InChI=1S/C13H19NO4/c1-3-17-11-6-4-5-7-12(11)18-9-8-14-10-13(15)16-2/h4-7,14H,3,8-10H2,1-2H3. The van der Waals surface area contributed by atoms with Gasteiger partial charge in [-0.3, -0.25) is 4.79 Å². The molecule has 0 unspecified atom stereocenters. The number of rotatable bonds is 8. The van der Waals surface area contributed by atoms with Crippen LogP contribution in [0.4, 0.5) is 0 Å². The number of nitrogens with one attached hydrogen (secondary N) is 1. The van der Waals surface area contributed by atoms with Gasteiger partial charge in [0.1, 0.15) is 6.61 Å². The molecule has 1 aromatic carbocycles. The van der Waals surface area contributed by atoms with Crippen LogP contribution in [0.3, 0.4) is 0 Å². The Morgan fingerprint density at radius 1 is 1.22 bits per heavy atom. The maximum Gasteiger partial charge on any atom is 0.319 e. The number of para-hydroxylation sites is 2. The summed E-state index contributed by atoms with van der Waals surface area (Å²) in [5, 5.41) is 2.92. The number of esters is 1. The van der Waals surface area contributed by atoms with Crippen molar-refractivity contribution in [3.8, 4) is 11.5 Å². The van der Waals surface area contributed by atoms with Gasteiger partial charge in [-0.1, -0.05) is 12.1 Å². The molecule has 0 aliphatic carbocycles. The van der Waals surface area contributed by atoms with E-state index in [1.54, 1.807) is 0 Å². The first-order valence-electron chi connectivity index (χ1n) is 5.90. The second-order valence-electron chi connectivity index (χ2n) is 3.48. The quantitative estimate of drug-likeness (QED) is 0.558. The second-order valence-corrected chi connectivity index (χ2v) is 3.48. The number of ether oxygens (including phenoxy) is 3. The third kappa shape index (κ3) is 5.05. The molecule has 100 valence electrons. The fraction of sp³-hybridized carbons (Fsp3) is 0.462. The van der Waals surface area contributed by atoms with Gasteiger partial charge >= 0.3 is 5.97 Å². The van der Waals surface area contributed by atoms with Crippen LogP contribution in [0.5, 0.6) is 11.5 Å². The first-order valence-corrected chi connectivity index (χ1v) is 5.90. The van der Waals surface area contributed by atoms with Crippen LogP contribution in [0.25, 0.3) is 0 Å². The molecule has 5 heteroatoms. The second kappa shape index (κ2) is 8.36. The van der Waals surface area contributed by atoms with Crippen LogP contribution < -0.4 is 14.8 Å². The smallest absolute Gasteiger partial charge is 0.319 e. The molecule has 1 N–H and O–H groups in total. The predicted octanol–water partition coefficient (Wildman–Crippen LogP) is 1.23. The Morgan fingerprint density at radius 2 is 1.89 bits per heavy atom. The first kappa shape index (κ1) is 14.3. The van der Waals surface area contributed by atoms with Crippen molar-refractivity contribution in [3.05, 3.63) is 24.3 Å². The van der Waals surface area contributed by atoms with Crippen LogP contribution in [0, 0.1) is 0 Å². The van der Waals surface area contributed by atoms with Gasteiger partial charge in [-0.05, 0) is 19.1 Å². The van der Waals surface area contributed by atoms with E-state index < -0.39 is 0 Å². The van der Waals surface area contributed by atoms with E-state index in [0.29, 0.717) is 25.5 Å². The monoisotopic (exact) mass is 253 g/mol. The highest BCUT2D eigenvalue weighted by atomic mass is 16.5. The summed E-state index contributed by atoms with van der Waals surface area (Å²) in [5.41, 5.74) is 0. The zero-order valence-electron chi connectivity index (χ0n) is 10.8. The van der Waals surface area contributed by atoms with Crippen molar-refractivity contribution in [1.82, 2.24) is 5.32 Å². The van der Waals surface area contributed by atoms with Gasteiger partial charge in [0.25, 0.3) is 0 Å². The highest BCUT2D eigenvalue weighted by Gasteiger charge is 2.03. The van der Waals surface area contributed by atoms with E-state index in [4.69, 9.17) is 9.47 Å². The molecule has 0 fully saturated rings. The Bertz CT molecular complexity index is 368. The summed E-state index contributed by atoms with van der Waals surface area (Å²) in [6.07, 6.45) is 0. The van der Waals surface area contributed by atoms with E-state index in [0.717, 1.165) is 5.75 Å². The summed E-state index contributed by atoms with van der Waals surface area (Å²) in [6.45, 7) is 3.74. The van der Waals surface area contributed by atoms with E-state index >= 15 is 0 Å². The highest BCUT2D eigenvalue weighted by molar-refractivity contribution is 5.71. The SMILES string of the molecule is CCOc1ccccc1OCCNCC(=O)OC. The van der Waals surface area contributed by atoms with Crippen molar-refractivity contribution >= 4 is 5.97 Å². The van der Waals surface area contributed by atoms with Crippen molar-refractivity contribution in [3.63, 3.8) is 0 Å². The topological polar surface area (TPSA) is 56.8 Å². The van der Waals surface area contributed by atoms with Crippen LogP contribution in [0.1, 0.15) is 6.92 Å². The van der Waals surface area contributed by atoms with Crippen LogP contribution >= 0.6 is 0 Å². The number of carbonyl (C=O) groups excluding carboxylic acids is 1. The molecule has 0 aliphatic rings. The third-order valence-corrected chi connectivity index (χ3v) is 2.18. The Hall–Kier alpha value is -1.75. The molecule has 0 spiro atoms. The number of benzene rings is 1. The van der Waals surface area contributed by atoms with Crippen molar-refractivity contribution in [2.45, 2.75) is 6.92 Å². The van der Waals surface area contributed by atoms with E-state index in [-0.39, 0.29) is 12.5 Å². The maximum absolute atomic E-state index is 10.8. The Kier molecular flexibility index (Phi) is 6.64. The van der Waals surface area contributed by atoms with Crippen molar-refractivity contribution < 1.29 is 19.0 Å². The minimum atomic E-state index is -0.287. The van der Waals surface area contributed by atoms with Crippen LogP contribution in [0.2, 0.25) is 0 Å². The molecule has 1 rings (SSSR count). The van der Waals surface area contributed by atoms with Gasteiger partial charge in [0.15, 0.2) is 11.5 Å². The summed E-state index contributed by atoms with van der Waals surface area (Å²) < 4.78 is 15.5. The van der Waals surface area contributed by atoms with Gasteiger partial charge in [-0.2, -0.15) is 0 Å². The molecule has 0 bridgehead atoms. The lowest BCUT2D eigenvalue weighted by Crippen LogP contribution is -2.28. The zero-order valence-corrected chi connectivity index (χ0v) is 10.8. The van der Waals surface area contributed by atoms with Gasteiger partial charge in [0, 0.05) is 6.54 Å². The lowest BCUT2D eigenvalue weighted by molar-refractivity contribution is -0.139. The van der Waals surface area contributed by atoms with Gasteiger partial charge < -0.3 is 19.5 Å². The lowest BCUT2D eigenvalue weighted by atomic mass is 10.3. The normalized spacial score (nSPS) is 9.89. The maximum atomic E-state index is 10.8. The molecule has 5 nitrogen and oxygen atoms in total. The molecule has 18 heavy (non-hydrogen) atoms. The van der Waals surface area contributed by atoms with Crippen LogP contribution in [-0.4, -0.2) is 39.4 Å². The molecule has 0 aliphatic heterocycles. The predicted molar refractivity (Wildman–Crippen MR) is 68.0 cm³/mol. The van der Waals surface area contributed by atoms with E-state index in [1.807, 2.05) is 31.2 Å². The molecule has 0 radical (unpaired) electrons. The number of methoxy groups -OCH3 is 1. The van der Waals surface area contributed by atoms with Crippen molar-refractivity contribution in [1.29, 1.82) is 0 Å². The summed E-state index contributed by atoms with van der Waals surface area (Å²) in [4.78, 5) is 10.8. The number of carbonyl (C=O) groups is 1. The fourth-order valence-corrected chi connectivity index (χ4v) is 1.34. The molecule has 0 amide bonds. The molecule has 0 saturated carbocycles. The Labute approximate surface area is 107 Å². The van der Waals surface area contributed by atoms with Gasteiger partial charge in [-0.15, -0.1) is 0 Å². The molecule has 0 aromatic heterocycles. The van der Waals surface area contributed by atoms with Crippen LogP contribution in [0.15, 0.2) is 24.3 Å². The van der Waals surface area contributed by atoms with Crippen LogP contribution in [-0.2, 0) is 9.53 Å². The molecule has 0 heterocycles. The van der Waals surface area contributed by atoms with E-state index in [1.165, 1.54) is 7.11 Å². The summed E-state index contributed by atoms with van der Waals surface area (Å²) in [5.74, 6) is 1.15. The van der Waals surface area contributed by atoms with Gasteiger partial charge in [0.05, 0.1) is 20.3 Å². The minimum Gasteiger partial charge on any atom is -0.490 e. The van der Waals surface area contributed by atoms with Crippen molar-refractivity contribution in [2.24, 2.45) is 0 Å². The van der Waals surface area contributed by atoms with Gasteiger partial charge in [-0.25, -0.2) is 0 Å². The number of hydrogen-bond donors (Lipinski definition) is 1. The Balaban J connectivity index is 2.28. The summed E-state index contributed by atoms with van der Waals surface area (Å²) >= 11 is 0. The molecular formula is C13H19NO4. The van der Waals surface area contributed by atoms with E-state index in [2.05, 4.69) is 10.1 Å². The molecular weight excluding hydrogens is 234 g/mol. The van der Waals surface area contributed by atoms with E-state index in [9.17, 15) is 4.79 Å². The highest BCUT2D eigenvalue weighted by Crippen LogP contribution is 2.25. The lowest BCUT2D eigenvalue weighted by Gasteiger charge is -2.11. The average molecular weight is 253 g/mol. The fourth-order valence-electron chi connectivity index (χ4n) is 1.34. The van der Waals surface area contributed by atoms with Gasteiger partial charge in [0.2, 0.25) is 0 Å². The molecule has 0 atom stereocenters.